The molecule has 0 spiro atoms. The van der Waals surface area contributed by atoms with Crippen LogP contribution in [0.5, 0.6) is 0 Å². The molecule has 0 aliphatic rings. The molecule has 0 aliphatic carbocycles. The van der Waals surface area contributed by atoms with Crippen molar-refractivity contribution in [2.24, 2.45) is 0 Å². The van der Waals surface area contributed by atoms with Gasteiger partial charge in [-0.25, -0.2) is 8.42 Å². The first kappa shape index (κ1) is 23.4. The molecule has 0 saturated heterocycles. The maximum Gasteiger partial charge on any atom is 0.253 e. The highest BCUT2D eigenvalue weighted by Crippen LogP contribution is 2.23. The third-order valence-corrected chi connectivity index (χ3v) is 5.86. The van der Waals surface area contributed by atoms with Crippen molar-refractivity contribution in [2.75, 3.05) is 22.4 Å². The lowest BCUT2D eigenvalue weighted by atomic mass is 10.1. The molecule has 8 heteroatoms. The molecule has 7 nitrogen and oxygen atoms in total. The minimum absolute atomic E-state index is 0.287. The van der Waals surface area contributed by atoms with Crippen LogP contribution in [0.4, 0.5) is 11.4 Å². The zero-order valence-electron chi connectivity index (χ0n) is 17.8. The van der Waals surface area contributed by atoms with E-state index in [1.54, 1.807) is 48.5 Å². The number of sulfonamides is 1. The standard InChI is InChI=1S/C22H29N3O4S/c1-5-6-15-23-22(27)19-9-7-8-10-20(19)24-21(26)17(3)25(30(4,28)29)18-13-11-16(2)12-14-18/h7-14,17H,5-6,15H2,1-4H3,(H,23,27)(H,24,26)/t17-/m0/s1. The third-order valence-electron chi connectivity index (χ3n) is 4.62. The second-order valence-electron chi connectivity index (χ2n) is 7.21. The van der Waals surface area contributed by atoms with E-state index in [9.17, 15) is 18.0 Å². The van der Waals surface area contributed by atoms with E-state index in [0.29, 0.717) is 23.5 Å². The molecule has 2 amide bonds. The number of amides is 2. The van der Waals surface area contributed by atoms with Crippen molar-refractivity contribution in [3.05, 3.63) is 59.7 Å². The Morgan fingerprint density at radius 2 is 1.70 bits per heavy atom. The van der Waals surface area contributed by atoms with Gasteiger partial charge in [0, 0.05) is 6.54 Å². The molecule has 0 heterocycles. The van der Waals surface area contributed by atoms with Gasteiger partial charge in [0.2, 0.25) is 15.9 Å². The molecule has 162 valence electrons. The van der Waals surface area contributed by atoms with Crippen molar-refractivity contribution in [2.45, 2.75) is 39.7 Å². The quantitative estimate of drug-likeness (QED) is 0.596. The molecule has 1 atom stereocenters. The Balaban J connectivity index is 2.25. The van der Waals surface area contributed by atoms with Crippen LogP contribution >= 0.6 is 0 Å². The van der Waals surface area contributed by atoms with Gasteiger partial charge in [0.25, 0.3) is 5.91 Å². The number of rotatable bonds is 9. The van der Waals surface area contributed by atoms with E-state index in [0.717, 1.165) is 29.0 Å². The molecule has 2 rings (SSSR count). The van der Waals surface area contributed by atoms with Gasteiger partial charge < -0.3 is 10.6 Å². The molecule has 2 N–H and O–H groups in total. The Bertz CT molecular complexity index is 988. The first-order valence-electron chi connectivity index (χ1n) is 9.89. The normalized spacial score (nSPS) is 12.1. The summed E-state index contributed by atoms with van der Waals surface area (Å²) in [5.74, 6) is -0.819. The molecule has 0 saturated carbocycles. The third kappa shape index (κ3) is 6.06. The lowest BCUT2D eigenvalue weighted by Crippen LogP contribution is -2.45. The van der Waals surface area contributed by atoms with Gasteiger partial charge >= 0.3 is 0 Å². The summed E-state index contributed by atoms with van der Waals surface area (Å²) in [6, 6.07) is 12.5. The van der Waals surface area contributed by atoms with Crippen molar-refractivity contribution in [1.29, 1.82) is 0 Å². The molecule has 2 aromatic carbocycles. The molecule has 0 aliphatic heterocycles. The van der Waals surface area contributed by atoms with Crippen molar-refractivity contribution in [3.8, 4) is 0 Å². The fourth-order valence-electron chi connectivity index (χ4n) is 3.00. The highest BCUT2D eigenvalue weighted by Gasteiger charge is 2.29. The van der Waals surface area contributed by atoms with Crippen LogP contribution in [0.25, 0.3) is 0 Å². The van der Waals surface area contributed by atoms with Gasteiger partial charge in [-0.3, -0.25) is 13.9 Å². The summed E-state index contributed by atoms with van der Waals surface area (Å²) in [6.45, 7) is 5.99. The summed E-state index contributed by atoms with van der Waals surface area (Å²) in [5, 5.41) is 5.53. The minimum atomic E-state index is -3.72. The maximum atomic E-state index is 12.9. The Morgan fingerprint density at radius 1 is 1.07 bits per heavy atom. The van der Waals surface area contributed by atoms with Crippen LogP contribution in [0.1, 0.15) is 42.6 Å². The van der Waals surface area contributed by atoms with Crippen LogP contribution in [0.3, 0.4) is 0 Å². The molecule has 2 aromatic rings. The molecule has 0 radical (unpaired) electrons. The molecular formula is C22H29N3O4S. The summed E-state index contributed by atoms with van der Waals surface area (Å²) in [4.78, 5) is 25.4. The van der Waals surface area contributed by atoms with E-state index in [-0.39, 0.29) is 5.91 Å². The average Bonchev–Trinajstić information content (AvgIpc) is 2.69. The minimum Gasteiger partial charge on any atom is -0.352 e. The Labute approximate surface area is 178 Å². The van der Waals surface area contributed by atoms with Crippen LogP contribution in [0.2, 0.25) is 0 Å². The predicted octanol–water partition coefficient (Wildman–Crippen LogP) is 3.32. The van der Waals surface area contributed by atoms with Crippen molar-refractivity contribution >= 4 is 33.2 Å². The van der Waals surface area contributed by atoms with Crippen molar-refractivity contribution in [1.82, 2.24) is 5.32 Å². The number of hydrogen-bond donors (Lipinski definition) is 2. The summed E-state index contributed by atoms with van der Waals surface area (Å²) < 4.78 is 25.9. The summed E-state index contributed by atoms with van der Waals surface area (Å²) in [7, 11) is -3.72. The van der Waals surface area contributed by atoms with Crippen LogP contribution in [0.15, 0.2) is 48.5 Å². The number of aryl methyl sites for hydroxylation is 1. The summed E-state index contributed by atoms with van der Waals surface area (Å²) in [6.07, 6.45) is 2.87. The SMILES string of the molecule is CCCCNC(=O)c1ccccc1NC(=O)[C@H](C)N(c1ccc(C)cc1)S(C)(=O)=O. The van der Waals surface area contributed by atoms with Gasteiger partial charge in [0.1, 0.15) is 6.04 Å². The van der Waals surface area contributed by atoms with Crippen LogP contribution in [-0.2, 0) is 14.8 Å². The number of hydrogen-bond acceptors (Lipinski definition) is 4. The lowest BCUT2D eigenvalue weighted by molar-refractivity contribution is -0.116. The first-order valence-corrected chi connectivity index (χ1v) is 11.7. The monoisotopic (exact) mass is 431 g/mol. The zero-order valence-corrected chi connectivity index (χ0v) is 18.6. The Kier molecular flexibility index (Phi) is 8.00. The highest BCUT2D eigenvalue weighted by atomic mass is 32.2. The van der Waals surface area contributed by atoms with Crippen LogP contribution < -0.4 is 14.9 Å². The van der Waals surface area contributed by atoms with Crippen LogP contribution in [-0.4, -0.2) is 39.1 Å². The van der Waals surface area contributed by atoms with E-state index < -0.39 is 22.0 Å². The van der Waals surface area contributed by atoms with Gasteiger partial charge in [-0.1, -0.05) is 43.2 Å². The van der Waals surface area contributed by atoms with E-state index in [2.05, 4.69) is 10.6 Å². The van der Waals surface area contributed by atoms with Gasteiger partial charge in [-0.2, -0.15) is 0 Å². The average molecular weight is 432 g/mol. The second kappa shape index (κ2) is 10.2. The molecule has 0 aromatic heterocycles. The number of carbonyl (C=O) groups excluding carboxylic acids is 2. The van der Waals surface area contributed by atoms with Crippen LogP contribution in [0, 0.1) is 6.92 Å². The topological polar surface area (TPSA) is 95.6 Å². The Morgan fingerprint density at radius 3 is 2.30 bits per heavy atom. The number of nitrogens with zero attached hydrogens (tertiary/aromatic N) is 1. The number of carbonyl (C=O) groups is 2. The highest BCUT2D eigenvalue weighted by molar-refractivity contribution is 7.92. The number of nitrogens with one attached hydrogen (secondary N) is 2. The smallest absolute Gasteiger partial charge is 0.253 e. The molecule has 30 heavy (non-hydrogen) atoms. The van der Waals surface area contributed by atoms with Crippen molar-refractivity contribution < 1.29 is 18.0 Å². The second-order valence-corrected chi connectivity index (χ2v) is 9.07. The number of para-hydroxylation sites is 1. The number of anilines is 2. The molecule has 0 unspecified atom stereocenters. The maximum absolute atomic E-state index is 12.9. The summed E-state index contributed by atoms with van der Waals surface area (Å²) in [5.41, 5.74) is 2.04. The van der Waals surface area contributed by atoms with E-state index in [1.165, 1.54) is 6.92 Å². The lowest BCUT2D eigenvalue weighted by Gasteiger charge is -2.28. The molecular weight excluding hydrogens is 402 g/mol. The molecule has 0 bridgehead atoms. The van der Waals surface area contributed by atoms with Gasteiger partial charge in [0.15, 0.2) is 0 Å². The van der Waals surface area contributed by atoms with Gasteiger partial charge in [-0.05, 0) is 44.5 Å². The fourth-order valence-corrected chi connectivity index (χ4v) is 4.18. The van der Waals surface area contributed by atoms with Crippen molar-refractivity contribution in [3.63, 3.8) is 0 Å². The fraction of sp³-hybridized carbons (Fsp3) is 0.364. The zero-order chi connectivity index (χ0) is 22.3. The van der Waals surface area contributed by atoms with Gasteiger partial charge in [0.05, 0.1) is 23.2 Å². The van der Waals surface area contributed by atoms with E-state index in [1.807, 2.05) is 13.8 Å². The number of benzene rings is 2. The molecule has 0 fully saturated rings. The van der Waals surface area contributed by atoms with E-state index >= 15 is 0 Å². The first-order chi connectivity index (χ1) is 14.1. The van der Waals surface area contributed by atoms with Gasteiger partial charge in [-0.15, -0.1) is 0 Å². The Hall–Kier alpha value is -2.87. The predicted molar refractivity (Wildman–Crippen MR) is 120 cm³/mol. The summed E-state index contributed by atoms with van der Waals surface area (Å²) >= 11 is 0. The number of unbranched alkanes of at least 4 members (excludes halogenated alkanes) is 1. The largest absolute Gasteiger partial charge is 0.352 e. The van der Waals surface area contributed by atoms with E-state index in [4.69, 9.17) is 0 Å².